The highest BCUT2D eigenvalue weighted by molar-refractivity contribution is 5.95. The van der Waals surface area contributed by atoms with Crippen LogP contribution in [-0.2, 0) is 0 Å². The Labute approximate surface area is 122 Å². The van der Waals surface area contributed by atoms with Gasteiger partial charge in [0.15, 0.2) is 0 Å². The molecule has 1 aromatic heterocycles. The first-order valence-electron chi connectivity index (χ1n) is 6.49. The minimum absolute atomic E-state index is 0.264. The molecule has 1 aromatic carbocycles. The Bertz CT molecular complexity index is 602. The minimum atomic E-state index is -0.502. The number of hydrogen-bond acceptors (Lipinski definition) is 3. The van der Waals surface area contributed by atoms with Crippen molar-refractivity contribution in [3.05, 3.63) is 66.0 Å². The highest BCUT2D eigenvalue weighted by Crippen LogP contribution is 2.06. The van der Waals surface area contributed by atoms with E-state index >= 15 is 0 Å². The maximum absolute atomic E-state index is 11.7. The van der Waals surface area contributed by atoms with Gasteiger partial charge in [0.1, 0.15) is 0 Å². The Hall–Kier alpha value is -2.89. The van der Waals surface area contributed by atoms with Crippen molar-refractivity contribution < 1.29 is 9.59 Å². The van der Waals surface area contributed by atoms with E-state index in [1.807, 2.05) is 18.2 Å². The van der Waals surface area contributed by atoms with Gasteiger partial charge in [-0.25, -0.2) is 10.2 Å². The number of benzene rings is 1. The molecule has 0 aliphatic rings. The zero-order valence-electron chi connectivity index (χ0n) is 11.5. The molecule has 1 atom stereocenters. The number of hydrogen-bond donors (Lipinski definition) is 3. The zero-order chi connectivity index (χ0) is 15.1. The van der Waals surface area contributed by atoms with E-state index < -0.39 is 6.03 Å². The molecule has 0 aliphatic heterocycles. The Balaban J connectivity index is 1.81. The van der Waals surface area contributed by atoms with Crippen LogP contribution in [0.5, 0.6) is 0 Å². The predicted octanol–water partition coefficient (Wildman–Crippen LogP) is 1.79. The molecule has 2 rings (SSSR count). The van der Waals surface area contributed by atoms with Gasteiger partial charge in [-0.3, -0.25) is 15.2 Å². The van der Waals surface area contributed by atoms with E-state index in [1.54, 1.807) is 43.5 Å². The number of rotatable bonds is 3. The largest absolute Gasteiger partial charge is 0.334 e. The normalized spacial score (nSPS) is 11.3. The smallest absolute Gasteiger partial charge is 0.329 e. The Kier molecular flexibility index (Phi) is 4.87. The van der Waals surface area contributed by atoms with E-state index in [1.165, 1.54) is 0 Å². The van der Waals surface area contributed by atoms with Crippen molar-refractivity contribution in [3.8, 4) is 0 Å². The number of carbonyl (C=O) groups is 2. The molecule has 0 aliphatic carbocycles. The van der Waals surface area contributed by atoms with Crippen molar-refractivity contribution in [1.82, 2.24) is 21.2 Å². The van der Waals surface area contributed by atoms with Crippen molar-refractivity contribution in [2.24, 2.45) is 0 Å². The van der Waals surface area contributed by atoms with Crippen molar-refractivity contribution in [1.29, 1.82) is 0 Å². The number of urea groups is 1. The first-order valence-corrected chi connectivity index (χ1v) is 6.49. The van der Waals surface area contributed by atoms with E-state index in [-0.39, 0.29) is 11.9 Å². The monoisotopic (exact) mass is 284 g/mol. The summed E-state index contributed by atoms with van der Waals surface area (Å²) in [7, 11) is 0. The first-order chi connectivity index (χ1) is 10.2. The fourth-order valence-corrected chi connectivity index (χ4v) is 1.71. The minimum Gasteiger partial charge on any atom is -0.329 e. The second kappa shape index (κ2) is 7.04. The highest BCUT2D eigenvalue weighted by Gasteiger charge is 2.11. The van der Waals surface area contributed by atoms with Crippen LogP contribution in [-0.4, -0.2) is 16.9 Å². The van der Waals surface area contributed by atoms with Gasteiger partial charge in [0.05, 0.1) is 11.7 Å². The topological polar surface area (TPSA) is 83.1 Å². The molecule has 108 valence electrons. The van der Waals surface area contributed by atoms with Gasteiger partial charge in [-0.2, -0.15) is 0 Å². The van der Waals surface area contributed by atoms with Gasteiger partial charge >= 0.3 is 6.03 Å². The first kappa shape index (κ1) is 14.5. The van der Waals surface area contributed by atoms with E-state index in [0.29, 0.717) is 5.56 Å². The van der Waals surface area contributed by atoms with Gasteiger partial charge in [0.25, 0.3) is 5.91 Å². The highest BCUT2D eigenvalue weighted by atomic mass is 16.2. The van der Waals surface area contributed by atoms with Gasteiger partial charge in [0.2, 0.25) is 0 Å². The van der Waals surface area contributed by atoms with Crippen LogP contribution in [0.15, 0.2) is 54.7 Å². The molecule has 0 saturated heterocycles. The summed E-state index contributed by atoms with van der Waals surface area (Å²) in [5.74, 6) is -0.378. The molecule has 1 heterocycles. The lowest BCUT2D eigenvalue weighted by Crippen LogP contribution is -2.47. The lowest BCUT2D eigenvalue weighted by atomic mass is 10.2. The van der Waals surface area contributed by atoms with E-state index in [9.17, 15) is 9.59 Å². The van der Waals surface area contributed by atoms with Gasteiger partial charge in [-0.05, 0) is 31.2 Å². The number of hydrazine groups is 1. The maximum atomic E-state index is 11.7. The number of nitrogens with one attached hydrogen (secondary N) is 3. The quantitative estimate of drug-likeness (QED) is 0.751. The molecule has 3 N–H and O–H groups in total. The van der Waals surface area contributed by atoms with Crippen LogP contribution >= 0.6 is 0 Å². The summed E-state index contributed by atoms with van der Waals surface area (Å²) in [5.41, 5.74) is 5.84. The second-order valence-electron chi connectivity index (χ2n) is 4.39. The van der Waals surface area contributed by atoms with Gasteiger partial charge in [-0.15, -0.1) is 0 Å². The predicted molar refractivity (Wildman–Crippen MR) is 78.2 cm³/mol. The van der Waals surface area contributed by atoms with Crippen LogP contribution in [0.25, 0.3) is 0 Å². The molecule has 0 saturated carbocycles. The number of pyridine rings is 1. The Morgan fingerprint density at radius 1 is 1.00 bits per heavy atom. The summed E-state index contributed by atoms with van der Waals surface area (Å²) >= 11 is 0. The number of aromatic nitrogens is 1. The van der Waals surface area contributed by atoms with Gasteiger partial charge in [-0.1, -0.05) is 24.3 Å². The summed E-state index contributed by atoms with van der Waals surface area (Å²) < 4.78 is 0. The summed E-state index contributed by atoms with van der Waals surface area (Å²) in [6.45, 7) is 1.81. The summed E-state index contributed by atoms with van der Waals surface area (Å²) in [6.07, 6.45) is 1.66. The molecule has 6 nitrogen and oxygen atoms in total. The second-order valence-corrected chi connectivity index (χ2v) is 4.39. The summed E-state index contributed by atoms with van der Waals surface area (Å²) in [4.78, 5) is 27.6. The van der Waals surface area contributed by atoms with E-state index in [4.69, 9.17) is 0 Å². The zero-order valence-corrected chi connectivity index (χ0v) is 11.5. The summed E-state index contributed by atoms with van der Waals surface area (Å²) in [5, 5.41) is 2.68. The lowest BCUT2D eigenvalue weighted by Gasteiger charge is -2.14. The van der Waals surface area contributed by atoms with Crippen molar-refractivity contribution in [3.63, 3.8) is 0 Å². The molecule has 2 aromatic rings. The van der Waals surface area contributed by atoms with Gasteiger partial charge in [0, 0.05) is 11.8 Å². The van der Waals surface area contributed by atoms with Crippen LogP contribution in [0, 0.1) is 0 Å². The molecule has 0 radical (unpaired) electrons. The fourth-order valence-electron chi connectivity index (χ4n) is 1.71. The third-order valence-corrected chi connectivity index (χ3v) is 2.80. The number of nitrogens with zero attached hydrogens (tertiary/aromatic N) is 1. The average Bonchev–Trinajstić information content (AvgIpc) is 2.54. The Morgan fingerprint density at radius 2 is 1.71 bits per heavy atom. The van der Waals surface area contributed by atoms with Crippen LogP contribution in [0.1, 0.15) is 29.0 Å². The number of amides is 3. The van der Waals surface area contributed by atoms with Gasteiger partial charge < -0.3 is 5.32 Å². The molecule has 6 heteroatoms. The molecule has 21 heavy (non-hydrogen) atoms. The molecule has 3 amide bonds. The molecular weight excluding hydrogens is 268 g/mol. The molecule has 0 fully saturated rings. The summed E-state index contributed by atoms with van der Waals surface area (Å²) in [6, 6.07) is 13.3. The number of carbonyl (C=O) groups excluding carboxylic acids is 2. The maximum Gasteiger partial charge on any atom is 0.334 e. The average molecular weight is 284 g/mol. The van der Waals surface area contributed by atoms with Crippen LogP contribution in [0.4, 0.5) is 4.79 Å². The Morgan fingerprint density at radius 3 is 2.38 bits per heavy atom. The van der Waals surface area contributed by atoms with Crippen LogP contribution < -0.4 is 16.2 Å². The van der Waals surface area contributed by atoms with Crippen LogP contribution in [0.3, 0.4) is 0 Å². The van der Waals surface area contributed by atoms with Crippen molar-refractivity contribution in [2.75, 3.05) is 0 Å². The third-order valence-electron chi connectivity index (χ3n) is 2.80. The lowest BCUT2D eigenvalue weighted by molar-refractivity contribution is 0.0936. The third kappa shape index (κ3) is 4.31. The molecule has 0 unspecified atom stereocenters. The van der Waals surface area contributed by atoms with E-state index in [0.717, 1.165) is 5.69 Å². The molecule has 0 spiro atoms. The van der Waals surface area contributed by atoms with E-state index in [2.05, 4.69) is 21.2 Å². The van der Waals surface area contributed by atoms with Crippen molar-refractivity contribution in [2.45, 2.75) is 13.0 Å². The van der Waals surface area contributed by atoms with Crippen molar-refractivity contribution >= 4 is 11.9 Å². The molecule has 0 bridgehead atoms. The SMILES string of the molecule is C[C@H](NC(=O)NNC(=O)c1ccccc1)c1ccccn1. The fraction of sp³-hybridized carbons (Fsp3) is 0.133. The molecular formula is C15H16N4O2. The van der Waals surface area contributed by atoms with Crippen LogP contribution in [0.2, 0.25) is 0 Å². The standard InChI is InChI=1S/C15H16N4O2/c1-11(13-9-5-6-10-16-13)17-15(21)19-18-14(20)12-7-3-2-4-8-12/h2-11H,1H3,(H,18,20)(H2,17,19,21)/t11-/m0/s1.